The van der Waals surface area contributed by atoms with Crippen LogP contribution in [-0.2, 0) is 21.9 Å². The average Bonchev–Trinajstić information content (AvgIpc) is 3.27. The topological polar surface area (TPSA) is 49.4 Å². The molecule has 1 saturated carbocycles. The number of carbonyl (C=O) groups excluding carboxylic acids is 2. The lowest BCUT2D eigenvalue weighted by Gasteiger charge is -2.29. The maximum atomic E-state index is 13.8. The summed E-state index contributed by atoms with van der Waals surface area (Å²) in [6.45, 7) is 1.92. The van der Waals surface area contributed by atoms with Gasteiger partial charge in [-0.1, -0.05) is 43.2 Å². The van der Waals surface area contributed by atoms with Crippen molar-refractivity contribution in [3.63, 3.8) is 0 Å². The van der Waals surface area contributed by atoms with E-state index in [-0.39, 0.29) is 41.8 Å². The van der Waals surface area contributed by atoms with E-state index >= 15 is 0 Å². The van der Waals surface area contributed by atoms with Gasteiger partial charge in [0.1, 0.15) is 17.7 Å². The molecule has 0 bridgehead atoms. The summed E-state index contributed by atoms with van der Waals surface area (Å²) in [6, 6.07) is 11.9. The third-order valence-electron chi connectivity index (χ3n) is 5.58. The SMILES string of the molecule is C[C@H](C(=O)NC1CCCC1)N(Cc1ccc(F)cc1)C(=O)CSCc1ccccc1F. The fourth-order valence-electron chi connectivity index (χ4n) is 3.71. The van der Waals surface area contributed by atoms with Gasteiger partial charge in [0.15, 0.2) is 0 Å². The van der Waals surface area contributed by atoms with E-state index < -0.39 is 6.04 Å². The molecule has 166 valence electrons. The van der Waals surface area contributed by atoms with E-state index in [0.29, 0.717) is 11.3 Å². The summed E-state index contributed by atoms with van der Waals surface area (Å²) in [7, 11) is 0. The molecule has 7 heteroatoms. The number of carbonyl (C=O) groups is 2. The van der Waals surface area contributed by atoms with E-state index in [1.807, 2.05) is 0 Å². The number of halogens is 2. The van der Waals surface area contributed by atoms with Gasteiger partial charge in [0.25, 0.3) is 0 Å². The molecule has 0 heterocycles. The van der Waals surface area contributed by atoms with E-state index in [2.05, 4.69) is 5.32 Å². The van der Waals surface area contributed by atoms with Crippen molar-refractivity contribution in [2.45, 2.75) is 57.0 Å². The van der Waals surface area contributed by atoms with Crippen LogP contribution in [0.1, 0.15) is 43.7 Å². The summed E-state index contributed by atoms with van der Waals surface area (Å²) < 4.78 is 27.1. The highest BCUT2D eigenvalue weighted by atomic mass is 32.2. The Labute approximate surface area is 186 Å². The lowest BCUT2D eigenvalue weighted by Crippen LogP contribution is -2.50. The predicted octanol–water partition coefficient (Wildman–Crippen LogP) is 4.67. The van der Waals surface area contributed by atoms with E-state index in [0.717, 1.165) is 31.2 Å². The molecular weight excluding hydrogens is 418 g/mol. The number of nitrogens with one attached hydrogen (secondary N) is 1. The normalized spacial score (nSPS) is 14.9. The Hall–Kier alpha value is -2.41. The van der Waals surface area contributed by atoms with Gasteiger partial charge in [-0.15, -0.1) is 11.8 Å². The quantitative estimate of drug-likeness (QED) is 0.609. The van der Waals surface area contributed by atoms with E-state index in [1.54, 1.807) is 37.3 Å². The minimum Gasteiger partial charge on any atom is -0.352 e. The second-order valence-electron chi connectivity index (χ2n) is 7.90. The number of amides is 2. The van der Waals surface area contributed by atoms with Gasteiger partial charge < -0.3 is 10.2 Å². The fourth-order valence-corrected chi connectivity index (χ4v) is 4.60. The van der Waals surface area contributed by atoms with Crippen LogP contribution in [0.5, 0.6) is 0 Å². The predicted molar refractivity (Wildman–Crippen MR) is 119 cm³/mol. The van der Waals surface area contributed by atoms with Crippen LogP contribution in [0.15, 0.2) is 48.5 Å². The van der Waals surface area contributed by atoms with Gasteiger partial charge in [0, 0.05) is 18.3 Å². The van der Waals surface area contributed by atoms with E-state index in [4.69, 9.17) is 0 Å². The number of benzene rings is 2. The van der Waals surface area contributed by atoms with Crippen LogP contribution in [0, 0.1) is 11.6 Å². The Balaban J connectivity index is 1.65. The Morgan fingerprint density at radius 1 is 1.10 bits per heavy atom. The standard InChI is InChI=1S/C24H28F2N2O2S/c1-17(24(30)27-21-7-3-4-8-21)28(14-18-10-12-20(25)13-11-18)23(29)16-31-15-19-6-2-5-9-22(19)26/h2,5-6,9-13,17,21H,3-4,7-8,14-16H2,1H3,(H,27,30)/t17-/m1/s1. The lowest BCUT2D eigenvalue weighted by molar-refractivity contribution is -0.138. The molecule has 1 fully saturated rings. The monoisotopic (exact) mass is 446 g/mol. The van der Waals surface area contributed by atoms with Crippen LogP contribution >= 0.6 is 11.8 Å². The first kappa shape index (κ1) is 23.3. The molecule has 3 rings (SSSR count). The minimum atomic E-state index is -0.660. The van der Waals surface area contributed by atoms with Crippen molar-refractivity contribution in [2.75, 3.05) is 5.75 Å². The number of rotatable bonds is 9. The van der Waals surface area contributed by atoms with Crippen LogP contribution in [0.2, 0.25) is 0 Å². The van der Waals surface area contributed by atoms with Crippen molar-refractivity contribution < 1.29 is 18.4 Å². The molecule has 0 saturated heterocycles. The van der Waals surface area contributed by atoms with Crippen LogP contribution in [-0.4, -0.2) is 34.6 Å². The summed E-state index contributed by atoms with van der Waals surface area (Å²) in [5.41, 5.74) is 1.28. The van der Waals surface area contributed by atoms with Crippen molar-refractivity contribution in [3.8, 4) is 0 Å². The zero-order chi connectivity index (χ0) is 22.2. The van der Waals surface area contributed by atoms with E-state index in [9.17, 15) is 18.4 Å². The molecule has 2 aromatic carbocycles. The zero-order valence-corrected chi connectivity index (χ0v) is 18.5. The van der Waals surface area contributed by atoms with Crippen molar-refractivity contribution in [1.82, 2.24) is 10.2 Å². The highest BCUT2D eigenvalue weighted by molar-refractivity contribution is 7.99. The smallest absolute Gasteiger partial charge is 0.242 e. The molecule has 2 amide bonds. The molecule has 0 aliphatic heterocycles. The molecule has 4 nitrogen and oxygen atoms in total. The molecule has 0 aromatic heterocycles. The number of nitrogens with zero attached hydrogens (tertiary/aromatic N) is 1. The van der Waals surface area contributed by atoms with Gasteiger partial charge in [-0.05, 0) is 49.1 Å². The van der Waals surface area contributed by atoms with Crippen LogP contribution in [0.3, 0.4) is 0 Å². The van der Waals surface area contributed by atoms with Crippen LogP contribution in [0.25, 0.3) is 0 Å². The van der Waals surface area contributed by atoms with Gasteiger partial charge in [-0.3, -0.25) is 9.59 Å². The number of thioether (sulfide) groups is 1. The van der Waals surface area contributed by atoms with Gasteiger partial charge in [0.05, 0.1) is 5.75 Å². The fraction of sp³-hybridized carbons (Fsp3) is 0.417. The van der Waals surface area contributed by atoms with Crippen molar-refractivity contribution >= 4 is 23.6 Å². The molecule has 1 N–H and O–H groups in total. The Kier molecular flexibility index (Phi) is 8.46. The summed E-state index contributed by atoms with van der Waals surface area (Å²) in [5, 5.41) is 3.05. The molecular formula is C24H28F2N2O2S. The lowest BCUT2D eigenvalue weighted by atomic mass is 10.1. The first-order chi connectivity index (χ1) is 14.9. The Bertz CT molecular complexity index is 885. The molecule has 2 aromatic rings. The Morgan fingerprint density at radius 2 is 1.77 bits per heavy atom. The molecule has 0 unspecified atom stereocenters. The average molecular weight is 447 g/mol. The minimum absolute atomic E-state index is 0.122. The van der Waals surface area contributed by atoms with Gasteiger partial charge in [-0.2, -0.15) is 0 Å². The maximum Gasteiger partial charge on any atom is 0.242 e. The molecule has 1 aliphatic carbocycles. The molecule has 0 spiro atoms. The van der Waals surface area contributed by atoms with Gasteiger partial charge in [-0.25, -0.2) is 8.78 Å². The first-order valence-electron chi connectivity index (χ1n) is 10.6. The molecule has 31 heavy (non-hydrogen) atoms. The summed E-state index contributed by atoms with van der Waals surface area (Å²) >= 11 is 1.31. The van der Waals surface area contributed by atoms with Crippen molar-refractivity contribution in [3.05, 3.63) is 71.3 Å². The van der Waals surface area contributed by atoms with Crippen LogP contribution < -0.4 is 5.32 Å². The molecule has 0 radical (unpaired) electrons. The highest BCUT2D eigenvalue weighted by Crippen LogP contribution is 2.20. The van der Waals surface area contributed by atoms with Gasteiger partial charge in [0.2, 0.25) is 11.8 Å². The summed E-state index contributed by atoms with van der Waals surface area (Å²) in [5.74, 6) is -0.549. The van der Waals surface area contributed by atoms with Crippen LogP contribution in [0.4, 0.5) is 8.78 Å². The van der Waals surface area contributed by atoms with E-state index in [1.165, 1.54) is 34.9 Å². The number of hydrogen-bond acceptors (Lipinski definition) is 3. The second kappa shape index (κ2) is 11.3. The number of hydrogen-bond donors (Lipinski definition) is 1. The zero-order valence-electron chi connectivity index (χ0n) is 17.7. The van der Waals surface area contributed by atoms with Crippen molar-refractivity contribution in [2.24, 2.45) is 0 Å². The summed E-state index contributed by atoms with van der Waals surface area (Å²) in [4.78, 5) is 27.4. The third kappa shape index (κ3) is 6.79. The molecule has 1 atom stereocenters. The third-order valence-corrected chi connectivity index (χ3v) is 6.54. The highest BCUT2D eigenvalue weighted by Gasteiger charge is 2.28. The largest absolute Gasteiger partial charge is 0.352 e. The van der Waals surface area contributed by atoms with Crippen molar-refractivity contribution in [1.29, 1.82) is 0 Å². The van der Waals surface area contributed by atoms with Gasteiger partial charge >= 0.3 is 0 Å². The Morgan fingerprint density at radius 3 is 2.45 bits per heavy atom. The first-order valence-corrected chi connectivity index (χ1v) is 11.7. The maximum absolute atomic E-state index is 13.8. The molecule has 1 aliphatic rings. The summed E-state index contributed by atoms with van der Waals surface area (Å²) in [6.07, 6.45) is 4.13. The second-order valence-corrected chi connectivity index (χ2v) is 8.88.